The van der Waals surface area contributed by atoms with Gasteiger partial charge >= 0.3 is 5.69 Å². The minimum atomic E-state index is -0.643. The lowest BCUT2D eigenvalue weighted by Crippen LogP contribution is -2.34. The summed E-state index contributed by atoms with van der Waals surface area (Å²) >= 11 is 5.16. The normalized spacial score (nSPS) is 10.6. The first-order chi connectivity index (χ1) is 16.4. The number of oxazole rings is 1. The lowest BCUT2D eigenvalue weighted by atomic mass is 10.1. The zero-order chi connectivity index (χ0) is 24.2. The number of benzene rings is 3. The van der Waals surface area contributed by atoms with Crippen LogP contribution in [0.3, 0.4) is 0 Å². The second-order valence-electron chi connectivity index (χ2n) is 7.00. The highest BCUT2D eigenvalue weighted by atomic mass is 32.1. The van der Waals surface area contributed by atoms with Crippen molar-refractivity contribution in [3.8, 4) is 23.0 Å². The van der Waals surface area contributed by atoms with Crippen LogP contribution in [0.2, 0.25) is 0 Å². The number of amides is 1. The maximum atomic E-state index is 12.5. The maximum absolute atomic E-state index is 12.5. The molecule has 1 amide bonds. The molecule has 0 aliphatic carbocycles. The van der Waals surface area contributed by atoms with Crippen molar-refractivity contribution in [2.24, 2.45) is 0 Å². The van der Waals surface area contributed by atoms with Gasteiger partial charge in [0.1, 0.15) is 11.3 Å². The Labute approximate surface area is 198 Å². The van der Waals surface area contributed by atoms with Crippen molar-refractivity contribution in [2.45, 2.75) is 6.92 Å². The number of rotatable bonds is 6. The molecule has 172 valence electrons. The fourth-order valence-electron chi connectivity index (χ4n) is 3.19. The molecular weight excluding hydrogens is 460 g/mol. The van der Waals surface area contributed by atoms with Crippen LogP contribution >= 0.6 is 12.2 Å². The number of nitrogens with one attached hydrogen (secondary N) is 2. The standard InChI is InChI=1S/C23H18N4O6S/c1-2-32-20-10-7-13(11-17(20)27(30)31)21(29)26-23(34)24-14-8-9-15(18(28)12-14)22-25-16-5-3-4-6-19(16)33-22/h3-12,28H,2H2,1H3,(H2,24,26,29,34). The van der Waals surface area contributed by atoms with Gasteiger partial charge in [0.2, 0.25) is 5.89 Å². The number of anilines is 1. The Morgan fingerprint density at radius 3 is 2.71 bits per heavy atom. The molecule has 0 aliphatic rings. The van der Waals surface area contributed by atoms with Crippen LogP contribution in [-0.2, 0) is 0 Å². The number of nitrogens with zero attached hydrogens (tertiary/aromatic N) is 2. The van der Waals surface area contributed by atoms with Crippen molar-refractivity contribution in [3.05, 3.63) is 76.3 Å². The van der Waals surface area contributed by atoms with Crippen LogP contribution in [0, 0.1) is 10.1 Å². The number of nitro benzene ring substituents is 1. The monoisotopic (exact) mass is 478 g/mol. The van der Waals surface area contributed by atoms with E-state index in [0.29, 0.717) is 22.4 Å². The molecule has 4 aromatic rings. The lowest BCUT2D eigenvalue weighted by Gasteiger charge is -2.11. The fraction of sp³-hybridized carbons (Fsp3) is 0.0870. The number of aromatic hydroxyl groups is 1. The Balaban J connectivity index is 1.45. The summed E-state index contributed by atoms with van der Waals surface area (Å²) in [7, 11) is 0. The van der Waals surface area contributed by atoms with Crippen LogP contribution in [0.1, 0.15) is 17.3 Å². The molecule has 0 aliphatic heterocycles. The molecule has 0 saturated heterocycles. The molecule has 0 spiro atoms. The summed E-state index contributed by atoms with van der Waals surface area (Å²) in [4.78, 5) is 27.5. The lowest BCUT2D eigenvalue weighted by molar-refractivity contribution is -0.385. The van der Waals surface area contributed by atoms with Gasteiger partial charge in [-0.2, -0.15) is 0 Å². The van der Waals surface area contributed by atoms with Crippen molar-refractivity contribution < 1.29 is 24.0 Å². The quantitative estimate of drug-likeness (QED) is 0.205. The van der Waals surface area contributed by atoms with Crippen molar-refractivity contribution in [1.82, 2.24) is 10.3 Å². The molecular formula is C23H18N4O6S. The van der Waals surface area contributed by atoms with Crippen LogP contribution in [0.15, 0.2) is 65.1 Å². The third kappa shape index (κ3) is 4.79. The van der Waals surface area contributed by atoms with Crippen LogP contribution in [0.5, 0.6) is 11.5 Å². The molecule has 1 aromatic heterocycles. The van der Waals surface area contributed by atoms with Gasteiger partial charge in [0.25, 0.3) is 5.91 Å². The Morgan fingerprint density at radius 1 is 1.21 bits per heavy atom. The number of aromatic nitrogens is 1. The van der Waals surface area contributed by atoms with Gasteiger partial charge in [0, 0.05) is 23.4 Å². The molecule has 34 heavy (non-hydrogen) atoms. The van der Waals surface area contributed by atoms with E-state index in [9.17, 15) is 20.0 Å². The molecule has 3 N–H and O–H groups in total. The number of nitro groups is 1. The summed E-state index contributed by atoms with van der Waals surface area (Å²) in [6.45, 7) is 1.95. The Kier molecular flexibility index (Phi) is 6.37. The second kappa shape index (κ2) is 9.55. The van der Waals surface area contributed by atoms with Crippen molar-refractivity contribution in [2.75, 3.05) is 11.9 Å². The summed E-state index contributed by atoms with van der Waals surface area (Å²) in [5.74, 6) is -0.415. The van der Waals surface area contributed by atoms with Gasteiger partial charge in [-0.15, -0.1) is 0 Å². The largest absolute Gasteiger partial charge is 0.507 e. The molecule has 11 heteroatoms. The Hall–Kier alpha value is -4.51. The molecule has 3 aromatic carbocycles. The van der Waals surface area contributed by atoms with E-state index in [0.717, 1.165) is 6.07 Å². The summed E-state index contributed by atoms with van der Waals surface area (Å²) in [5, 5.41) is 26.9. The van der Waals surface area contributed by atoms with Gasteiger partial charge in [0.05, 0.1) is 17.1 Å². The minimum absolute atomic E-state index is 0.0356. The molecule has 0 unspecified atom stereocenters. The highest BCUT2D eigenvalue weighted by Crippen LogP contribution is 2.33. The van der Waals surface area contributed by atoms with E-state index in [1.54, 1.807) is 31.2 Å². The summed E-state index contributed by atoms with van der Waals surface area (Å²) in [6, 6.07) is 15.7. The highest BCUT2D eigenvalue weighted by Gasteiger charge is 2.19. The van der Waals surface area contributed by atoms with Crippen molar-refractivity contribution >= 4 is 45.7 Å². The van der Waals surface area contributed by atoms with Gasteiger partial charge in [0.15, 0.2) is 16.4 Å². The average Bonchev–Trinajstić information content (AvgIpc) is 3.23. The van der Waals surface area contributed by atoms with Gasteiger partial charge < -0.3 is 19.6 Å². The number of phenolic OH excluding ortho intramolecular Hbond substituents is 1. The number of fused-ring (bicyclic) bond motifs is 1. The van der Waals surface area contributed by atoms with E-state index in [4.69, 9.17) is 21.4 Å². The van der Waals surface area contributed by atoms with E-state index < -0.39 is 10.8 Å². The van der Waals surface area contributed by atoms with Gasteiger partial charge in [-0.1, -0.05) is 12.1 Å². The number of carbonyl (C=O) groups is 1. The average molecular weight is 478 g/mol. The molecule has 0 saturated carbocycles. The third-order valence-electron chi connectivity index (χ3n) is 4.72. The predicted octanol–water partition coefficient (Wildman–Crippen LogP) is 4.63. The zero-order valence-corrected chi connectivity index (χ0v) is 18.6. The number of carbonyl (C=O) groups excluding carboxylic acids is 1. The SMILES string of the molecule is CCOc1ccc(C(=O)NC(=S)Nc2ccc(-c3nc4ccccc4o3)c(O)c2)cc1[N+](=O)[O-]. The highest BCUT2D eigenvalue weighted by molar-refractivity contribution is 7.80. The van der Waals surface area contributed by atoms with Crippen molar-refractivity contribution in [3.63, 3.8) is 0 Å². The number of phenols is 1. The van der Waals surface area contributed by atoms with Gasteiger partial charge in [-0.3, -0.25) is 20.2 Å². The van der Waals surface area contributed by atoms with Gasteiger partial charge in [-0.05, 0) is 55.5 Å². The predicted molar refractivity (Wildman–Crippen MR) is 129 cm³/mol. The Morgan fingerprint density at radius 2 is 2.00 bits per heavy atom. The zero-order valence-electron chi connectivity index (χ0n) is 17.8. The topological polar surface area (TPSA) is 140 Å². The fourth-order valence-corrected chi connectivity index (χ4v) is 3.40. The van der Waals surface area contributed by atoms with E-state index in [-0.39, 0.29) is 40.4 Å². The number of hydrogen-bond acceptors (Lipinski definition) is 8. The van der Waals surface area contributed by atoms with Crippen molar-refractivity contribution in [1.29, 1.82) is 0 Å². The number of ether oxygens (including phenoxy) is 1. The second-order valence-corrected chi connectivity index (χ2v) is 7.41. The first kappa shape index (κ1) is 22.7. The van der Waals surface area contributed by atoms with E-state index in [1.165, 1.54) is 18.2 Å². The minimum Gasteiger partial charge on any atom is -0.507 e. The van der Waals surface area contributed by atoms with E-state index >= 15 is 0 Å². The summed E-state index contributed by atoms with van der Waals surface area (Å²) < 4.78 is 10.9. The van der Waals surface area contributed by atoms with E-state index in [2.05, 4.69) is 15.6 Å². The molecule has 0 atom stereocenters. The van der Waals surface area contributed by atoms with Crippen LogP contribution in [0.4, 0.5) is 11.4 Å². The molecule has 0 bridgehead atoms. The first-order valence-corrected chi connectivity index (χ1v) is 10.5. The number of para-hydroxylation sites is 2. The first-order valence-electron chi connectivity index (χ1n) is 10.1. The smallest absolute Gasteiger partial charge is 0.311 e. The molecule has 0 radical (unpaired) electrons. The summed E-state index contributed by atoms with van der Waals surface area (Å²) in [6.07, 6.45) is 0. The van der Waals surface area contributed by atoms with Crippen LogP contribution in [0.25, 0.3) is 22.6 Å². The van der Waals surface area contributed by atoms with Gasteiger partial charge in [-0.25, -0.2) is 4.98 Å². The maximum Gasteiger partial charge on any atom is 0.311 e. The Bertz CT molecular complexity index is 1380. The van der Waals surface area contributed by atoms with E-state index in [1.807, 2.05) is 12.1 Å². The number of hydrogen-bond donors (Lipinski definition) is 3. The van der Waals surface area contributed by atoms with Crippen LogP contribution in [-0.4, -0.2) is 32.6 Å². The number of thiocarbonyl (C=S) groups is 1. The summed E-state index contributed by atoms with van der Waals surface area (Å²) in [5.41, 5.74) is 1.76. The third-order valence-corrected chi connectivity index (χ3v) is 4.93. The van der Waals surface area contributed by atoms with Crippen LogP contribution < -0.4 is 15.4 Å². The molecule has 10 nitrogen and oxygen atoms in total. The molecule has 0 fully saturated rings. The molecule has 4 rings (SSSR count). The molecule has 1 heterocycles.